The average molecular weight is 218 g/mol. The monoisotopic (exact) mass is 218 g/mol. The van der Waals surface area contributed by atoms with Crippen LogP contribution in [0.25, 0.3) is 0 Å². The van der Waals surface area contributed by atoms with Crippen molar-refractivity contribution in [2.75, 3.05) is 6.61 Å². The summed E-state index contributed by atoms with van der Waals surface area (Å²) < 4.78 is 10.9. The molecule has 0 fully saturated rings. The van der Waals surface area contributed by atoms with E-state index >= 15 is 0 Å². The average Bonchev–Trinajstić information content (AvgIpc) is 1.68. The van der Waals surface area contributed by atoms with Gasteiger partial charge in [-0.15, -0.1) is 0 Å². The highest BCUT2D eigenvalue weighted by molar-refractivity contribution is 14.1. The van der Waals surface area contributed by atoms with Gasteiger partial charge in [-0.1, -0.05) is 6.92 Å². The van der Waals surface area contributed by atoms with E-state index in [2.05, 4.69) is 0 Å². The lowest BCUT2D eigenvalue weighted by molar-refractivity contribution is 0.161. The van der Waals surface area contributed by atoms with E-state index in [9.17, 15) is 4.39 Å². The number of hydrogen-bond acceptors (Lipinski definition) is 1. The van der Waals surface area contributed by atoms with Crippen LogP contribution in [0.15, 0.2) is 0 Å². The van der Waals surface area contributed by atoms with Gasteiger partial charge in [0.25, 0.3) is 0 Å². The first-order valence-electron chi connectivity index (χ1n) is 2.11. The molecule has 1 N–H and O–H groups in total. The molecular weight excluding hydrogens is 210 g/mol. The quantitative estimate of drug-likeness (QED) is 0.549. The van der Waals surface area contributed by atoms with E-state index in [-0.39, 0.29) is 6.61 Å². The van der Waals surface area contributed by atoms with Crippen LogP contribution in [0, 0.1) is 0 Å². The second kappa shape index (κ2) is 2.81. The van der Waals surface area contributed by atoms with Crippen LogP contribution >= 0.6 is 22.6 Å². The molecule has 0 aromatic rings. The van der Waals surface area contributed by atoms with Crippen molar-refractivity contribution in [1.29, 1.82) is 0 Å². The fraction of sp³-hybridized carbons (Fsp3) is 1.00. The number of halogens is 2. The van der Waals surface area contributed by atoms with E-state index in [0.29, 0.717) is 6.42 Å². The standard InChI is InChI=1S/C4H8FIO/c1-2-4(5,6)3-7/h7H,2-3H2,1H3. The summed E-state index contributed by atoms with van der Waals surface area (Å²) in [5, 5.41) is 8.21. The number of aliphatic hydroxyl groups excluding tert-OH is 1. The Labute approximate surface area is 56.1 Å². The second-order valence-electron chi connectivity index (χ2n) is 1.37. The Balaban J connectivity index is 3.36. The first-order chi connectivity index (χ1) is 3.12. The van der Waals surface area contributed by atoms with Gasteiger partial charge in [0.05, 0.1) is 6.61 Å². The summed E-state index contributed by atoms with van der Waals surface area (Å²) in [5.74, 6) is 0. The summed E-state index contributed by atoms with van der Waals surface area (Å²) in [6.07, 6.45) is 0.365. The maximum atomic E-state index is 12.3. The summed E-state index contributed by atoms with van der Waals surface area (Å²) in [7, 11) is 0. The van der Waals surface area contributed by atoms with Gasteiger partial charge in [-0.2, -0.15) is 0 Å². The highest BCUT2D eigenvalue weighted by atomic mass is 127. The molecule has 0 saturated heterocycles. The topological polar surface area (TPSA) is 20.2 Å². The van der Waals surface area contributed by atoms with Gasteiger partial charge in [-0.05, 0) is 29.0 Å². The SMILES string of the molecule is CCC(F)(I)CO. The van der Waals surface area contributed by atoms with E-state index in [4.69, 9.17) is 5.11 Å². The van der Waals surface area contributed by atoms with Crippen molar-refractivity contribution in [3.05, 3.63) is 0 Å². The molecular formula is C4H8FIO. The second-order valence-corrected chi connectivity index (χ2v) is 3.30. The van der Waals surface area contributed by atoms with Crippen LogP contribution in [-0.4, -0.2) is 15.4 Å². The maximum absolute atomic E-state index is 12.3. The zero-order valence-corrected chi connectivity index (χ0v) is 6.27. The summed E-state index contributed by atoms with van der Waals surface area (Å²) in [4.78, 5) is 0. The molecule has 0 saturated carbocycles. The Bertz CT molecular complexity index is 49.7. The van der Waals surface area contributed by atoms with Crippen molar-refractivity contribution in [3.63, 3.8) is 0 Å². The summed E-state index contributed by atoms with van der Waals surface area (Å²) in [6, 6.07) is 0. The van der Waals surface area contributed by atoms with E-state index in [0.717, 1.165) is 0 Å². The molecule has 7 heavy (non-hydrogen) atoms. The molecule has 0 radical (unpaired) electrons. The van der Waals surface area contributed by atoms with Crippen molar-refractivity contribution in [2.24, 2.45) is 0 Å². The molecule has 1 unspecified atom stereocenters. The predicted octanol–water partition coefficient (Wildman–Crippen LogP) is 1.49. The number of aliphatic hydroxyl groups is 1. The van der Waals surface area contributed by atoms with Gasteiger partial charge in [0.2, 0.25) is 0 Å². The third-order valence-corrected chi connectivity index (χ3v) is 1.85. The van der Waals surface area contributed by atoms with Crippen LogP contribution in [0.4, 0.5) is 4.39 Å². The molecule has 3 heteroatoms. The Kier molecular flexibility index (Phi) is 3.06. The van der Waals surface area contributed by atoms with Gasteiger partial charge in [-0.3, -0.25) is 0 Å². The third kappa shape index (κ3) is 3.22. The zero-order chi connectivity index (χ0) is 5.91. The van der Waals surface area contributed by atoms with Gasteiger partial charge in [0.15, 0.2) is 3.68 Å². The van der Waals surface area contributed by atoms with E-state index in [1.165, 1.54) is 0 Å². The van der Waals surface area contributed by atoms with Crippen LogP contribution < -0.4 is 0 Å². The van der Waals surface area contributed by atoms with Crippen LogP contribution in [-0.2, 0) is 0 Å². The first kappa shape index (κ1) is 7.62. The minimum absolute atomic E-state index is 0.365. The van der Waals surface area contributed by atoms with Gasteiger partial charge >= 0.3 is 0 Å². The minimum Gasteiger partial charge on any atom is -0.392 e. The van der Waals surface area contributed by atoms with E-state index in [1.54, 1.807) is 29.5 Å². The molecule has 44 valence electrons. The minimum atomic E-state index is -1.39. The summed E-state index contributed by atoms with van der Waals surface area (Å²) in [6.45, 7) is 1.31. The van der Waals surface area contributed by atoms with E-state index < -0.39 is 3.68 Å². The lowest BCUT2D eigenvalue weighted by Gasteiger charge is -2.09. The van der Waals surface area contributed by atoms with Crippen molar-refractivity contribution >= 4 is 22.6 Å². The molecule has 0 aliphatic heterocycles. The van der Waals surface area contributed by atoms with Crippen LogP contribution in [0.5, 0.6) is 0 Å². The summed E-state index contributed by atoms with van der Waals surface area (Å²) >= 11 is 1.59. The highest BCUT2D eigenvalue weighted by Crippen LogP contribution is 2.22. The Morgan fingerprint density at radius 1 is 1.86 bits per heavy atom. The van der Waals surface area contributed by atoms with Crippen molar-refractivity contribution in [1.82, 2.24) is 0 Å². The molecule has 0 aliphatic rings. The zero-order valence-electron chi connectivity index (χ0n) is 4.12. The maximum Gasteiger partial charge on any atom is 0.183 e. The van der Waals surface area contributed by atoms with Crippen molar-refractivity contribution < 1.29 is 9.50 Å². The van der Waals surface area contributed by atoms with Crippen LogP contribution in [0.2, 0.25) is 0 Å². The lowest BCUT2D eigenvalue weighted by Crippen LogP contribution is -2.16. The van der Waals surface area contributed by atoms with Crippen LogP contribution in [0.1, 0.15) is 13.3 Å². The number of alkyl halides is 2. The fourth-order valence-electron chi connectivity index (χ4n) is 0.112. The molecule has 0 aromatic carbocycles. The summed E-state index contributed by atoms with van der Waals surface area (Å²) in [5.41, 5.74) is 0. The van der Waals surface area contributed by atoms with E-state index in [1.807, 2.05) is 0 Å². The molecule has 0 aromatic heterocycles. The van der Waals surface area contributed by atoms with Gasteiger partial charge in [0, 0.05) is 0 Å². The first-order valence-corrected chi connectivity index (χ1v) is 3.19. The third-order valence-electron chi connectivity index (χ3n) is 0.749. The van der Waals surface area contributed by atoms with Crippen molar-refractivity contribution in [3.8, 4) is 0 Å². The number of hydrogen-bond donors (Lipinski definition) is 1. The number of rotatable bonds is 2. The molecule has 1 nitrogen and oxygen atoms in total. The molecule has 0 heterocycles. The molecule has 0 spiro atoms. The fourth-order valence-corrected chi connectivity index (χ4v) is 0.112. The largest absolute Gasteiger partial charge is 0.392 e. The molecule has 0 rings (SSSR count). The normalized spacial score (nSPS) is 18.9. The van der Waals surface area contributed by atoms with Gasteiger partial charge < -0.3 is 5.11 Å². The lowest BCUT2D eigenvalue weighted by atomic mass is 10.3. The Morgan fingerprint density at radius 2 is 2.29 bits per heavy atom. The van der Waals surface area contributed by atoms with Crippen molar-refractivity contribution in [2.45, 2.75) is 17.0 Å². The van der Waals surface area contributed by atoms with Crippen LogP contribution in [0.3, 0.4) is 0 Å². The van der Waals surface area contributed by atoms with Gasteiger partial charge in [0.1, 0.15) is 0 Å². The highest BCUT2D eigenvalue weighted by Gasteiger charge is 2.20. The molecule has 0 aliphatic carbocycles. The Hall–Kier alpha value is 0.620. The van der Waals surface area contributed by atoms with Gasteiger partial charge in [-0.25, -0.2) is 4.39 Å². The smallest absolute Gasteiger partial charge is 0.183 e. The predicted molar refractivity (Wildman–Crippen MR) is 35.2 cm³/mol. The molecule has 0 bridgehead atoms. The molecule has 0 amide bonds. The Morgan fingerprint density at radius 3 is 2.29 bits per heavy atom. The molecule has 1 atom stereocenters.